The molecule has 0 spiro atoms. The Hall–Kier alpha value is -1.30. The smallest absolute Gasteiger partial charge is 0.411 e. The van der Waals surface area contributed by atoms with Crippen molar-refractivity contribution in [3.05, 3.63) is 0 Å². The second-order valence-corrected chi connectivity index (χ2v) is 7.29. The van der Waals surface area contributed by atoms with E-state index in [0.29, 0.717) is 13.0 Å². The molecule has 2 atom stereocenters. The number of hydrogen-bond acceptors (Lipinski definition) is 4. The Labute approximate surface area is 139 Å². The summed E-state index contributed by atoms with van der Waals surface area (Å²) in [5.41, 5.74) is -0.620. The van der Waals surface area contributed by atoms with Crippen LogP contribution in [0.2, 0.25) is 0 Å². The summed E-state index contributed by atoms with van der Waals surface area (Å²) in [5, 5.41) is 12.7. The lowest BCUT2D eigenvalue weighted by atomic mass is 10.1. The fourth-order valence-corrected chi connectivity index (χ4v) is 2.78. The van der Waals surface area contributed by atoms with E-state index in [2.05, 4.69) is 12.2 Å². The molecule has 1 fully saturated rings. The first kappa shape index (κ1) is 19.7. The van der Waals surface area contributed by atoms with Crippen molar-refractivity contribution in [2.75, 3.05) is 13.1 Å². The van der Waals surface area contributed by atoms with Gasteiger partial charge >= 0.3 is 12.1 Å². The summed E-state index contributed by atoms with van der Waals surface area (Å²) in [7, 11) is 0. The average molecular weight is 328 g/mol. The summed E-state index contributed by atoms with van der Waals surface area (Å²) in [4.78, 5) is 24.9. The highest BCUT2D eigenvalue weighted by Gasteiger charge is 2.41. The number of unbranched alkanes of at least 4 members (excludes halogenated alkanes) is 4. The standard InChI is InChI=1S/C17H32N2O4/c1-5-6-7-8-9-10-18-13-11-14(15(20)21)19(12-13)16(22)23-17(2,3)4/h13-14,18H,5-12H2,1-4H3,(H,20,21)/t13-,14-/m0/s1. The van der Waals surface area contributed by atoms with Gasteiger partial charge in [-0.3, -0.25) is 4.90 Å². The largest absolute Gasteiger partial charge is 0.480 e. The Bertz CT molecular complexity index is 393. The first-order valence-electron chi connectivity index (χ1n) is 8.70. The maximum absolute atomic E-state index is 12.2. The number of carboxylic acids is 1. The predicted octanol–water partition coefficient (Wildman–Crippen LogP) is 3.01. The molecule has 0 saturated carbocycles. The van der Waals surface area contributed by atoms with E-state index >= 15 is 0 Å². The van der Waals surface area contributed by atoms with Gasteiger partial charge in [-0.15, -0.1) is 0 Å². The fraction of sp³-hybridized carbons (Fsp3) is 0.882. The normalized spacial score (nSPS) is 21.5. The van der Waals surface area contributed by atoms with E-state index in [1.54, 1.807) is 20.8 Å². The number of hydrogen-bond donors (Lipinski definition) is 2. The van der Waals surface area contributed by atoms with Gasteiger partial charge in [-0.05, 0) is 40.2 Å². The number of rotatable bonds is 8. The first-order chi connectivity index (χ1) is 10.7. The quantitative estimate of drug-likeness (QED) is 0.670. The van der Waals surface area contributed by atoms with Crippen molar-refractivity contribution >= 4 is 12.1 Å². The highest BCUT2D eigenvalue weighted by Crippen LogP contribution is 2.21. The van der Waals surface area contributed by atoms with Gasteiger partial charge in [-0.1, -0.05) is 32.6 Å². The Morgan fingerprint density at radius 3 is 2.43 bits per heavy atom. The number of nitrogens with zero attached hydrogens (tertiary/aromatic N) is 1. The third-order valence-corrected chi connectivity index (χ3v) is 3.93. The van der Waals surface area contributed by atoms with Crippen LogP contribution in [0.4, 0.5) is 4.79 Å². The van der Waals surface area contributed by atoms with Gasteiger partial charge in [0.1, 0.15) is 11.6 Å². The molecule has 0 aromatic heterocycles. The van der Waals surface area contributed by atoms with Gasteiger partial charge in [-0.2, -0.15) is 0 Å². The van der Waals surface area contributed by atoms with Crippen LogP contribution in [0.3, 0.4) is 0 Å². The zero-order valence-corrected chi connectivity index (χ0v) is 14.9. The first-order valence-corrected chi connectivity index (χ1v) is 8.70. The molecule has 6 nitrogen and oxygen atoms in total. The van der Waals surface area contributed by atoms with E-state index in [0.717, 1.165) is 13.0 Å². The van der Waals surface area contributed by atoms with Crippen LogP contribution in [-0.2, 0) is 9.53 Å². The Morgan fingerprint density at radius 2 is 1.87 bits per heavy atom. The molecule has 1 saturated heterocycles. The molecule has 1 aliphatic rings. The van der Waals surface area contributed by atoms with Crippen LogP contribution in [0.15, 0.2) is 0 Å². The van der Waals surface area contributed by atoms with E-state index in [9.17, 15) is 14.7 Å². The van der Waals surface area contributed by atoms with Gasteiger partial charge in [0.2, 0.25) is 0 Å². The molecule has 1 amide bonds. The van der Waals surface area contributed by atoms with Gasteiger partial charge in [0.05, 0.1) is 0 Å². The SMILES string of the molecule is CCCCCCCN[C@H]1C[C@@H](C(=O)O)N(C(=O)OC(C)(C)C)C1. The topological polar surface area (TPSA) is 78.9 Å². The molecular formula is C17H32N2O4. The van der Waals surface area contributed by atoms with Gasteiger partial charge in [-0.25, -0.2) is 9.59 Å². The van der Waals surface area contributed by atoms with E-state index in [1.807, 2.05) is 0 Å². The molecular weight excluding hydrogens is 296 g/mol. The third kappa shape index (κ3) is 7.20. The summed E-state index contributed by atoms with van der Waals surface area (Å²) in [6.45, 7) is 8.78. The zero-order valence-electron chi connectivity index (χ0n) is 14.9. The van der Waals surface area contributed by atoms with Crippen LogP contribution in [0, 0.1) is 0 Å². The number of carbonyl (C=O) groups excluding carboxylic acids is 1. The van der Waals surface area contributed by atoms with Crippen molar-refractivity contribution in [3.63, 3.8) is 0 Å². The van der Waals surface area contributed by atoms with Crippen LogP contribution in [0.1, 0.15) is 66.2 Å². The predicted molar refractivity (Wildman–Crippen MR) is 89.5 cm³/mol. The molecule has 0 radical (unpaired) electrons. The maximum atomic E-state index is 12.2. The summed E-state index contributed by atoms with van der Waals surface area (Å²) < 4.78 is 5.32. The molecule has 0 aromatic carbocycles. The molecule has 1 aliphatic heterocycles. The van der Waals surface area contributed by atoms with E-state index in [-0.39, 0.29) is 6.04 Å². The summed E-state index contributed by atoms with van der Waals surface area (Å²) in [6.07, 6.45) is 5.88. The zero-order chi connectivity index (χ0) is 17.5. The third-order valence-electron chi connectivity index (χ3n) is 3.93. The molecule has 6 heteroatoms. The highest BCUT2D eigenvalue weighted by atomic mass is 16.6. The number of ether oxygens (including phenoxy) is 1. The van der Waals surface area contributed by atoms with Gasteiger partial charge in [0, 0.05) is 12.6 Å². The van der Waals surface area contributed by atoms with Gasteiger partial charge < -0.3 is 15.2 Å². The molecule has 1 rings (SSSR count). The van der Waals surface area contributed by atoms with Crippen LogP contribution < -0.4 is 5.32 Å². The summed E-state index contributed by atoms with van der Waals surface area (Å²) in [6, 6.07) is -0.780. The van der Waals surface area contributed by atoms with E-state index in [4.69, 9.17) is 4.74 Å². The van der Waals surface area contributed by atoms with Crippen molar-refractivity contribution in [2.45, 2.75) is 83.9 Å². The van der Waals surface area contributed by atoms with Crippen molar-refractivity contribution in [3.8, 4) is 0 Å². The van der Waals surface area contributed by atoms with Crippen molar-refractivity contribution < 1.29 is 19.4 Å². The van der Waals surface area contributed by atoms with Gasteiger partial charge in [0.25, 0.3) is 0 Å². The lowest BCUT2D eigenvalue weighted by Crippen LogP contribution is -2.43. The number of amides is 1. The average Bonchev–Trinajstić information content (AvgIpc) is 2.85. The number of carbonyl (C=O) groups is 2. The van der Waals surface area contributed by atoms with Crippen molar-refractivity contribution in [2.24, 2.45) is 0 Å². The Morgan fingerprint density at radius 1 is 1.22 bits per heavy atom. The summed E-state index contributed by atoms with van der Waals surface area (Å²) >= 11 is 0. The second-order valence-electron chi connectivity index (χ2n) is 7.29. The monoisotopic (exact) mass is 328 g/mol. The minimum atomic E-state index is -0.969. The number of aliphatic carboxylic acids is 1. The van der Waals surface area contributed by atoms with Crippen LogP contribution in [0.5, 0.6) is 0 Å². The number of likely N-dealkylation sites (tertiary alicyclic amines) is 1. The molecule has 0 bridgehead atoms. The van der Waals surface area contributed by atoms with E-state index in [1.165, 1.54) is 30.6 Å². The molecule has 0 aromatic rings. The summed E-state index contributed by atoms with van der Waals surface area (Å²) in [5.74, 6) is -0.969. The Kier molecular flexibility index (Phi) is 7.82. The van der Waals surface area contributed by atoms with Crippen molar-refractivity contribution in [1.29, 1.82) is 0 Å². The molecule has 0 aliphatic carbocycles. The number of carboxylic acid groups (broad SMARTS) is 1. The number of nitrogens with one attached hydrogen (secondary N) is 1. The minimum absolute atomic E-state index is 0.0230. The fourth-order valence-electron chi connectivity index (χ4n) is 2.78. The van der Waals surface area contributed by atoms with E-state index < -0.39 is 23.7 Å². The van der Waals surface area contributed by atoms with Crippen LogP contribution in [-0.4, -0.2) is 52.8 Å². The maximum Gasteiger partial charge on any atom is 0.411 e. The van der Waals surface area contributed by atoms with Crippen molar-refractivity contribution in [1.82, 2.24) is 10.2 Å². The van der Waals surface area contributed by atoms with Gasteiger partial charge in [0.15, 0.2) is 0 Å². The molecule has 1 heterocycles. The van der Waals surface area contributed by atoms with Crippen LogP contribution in [0.25, 0.3) is 0 Å². The molecule has 23 heavy (non-hydrogen) atoms. The lowest BCUT2D eigenvalue weighted by molar-refractivity contribution is -0.142. The Balaban J connectivity index is 2.44. The highest BCUT2D eigenvalue weighted by molar-refractivity contribution is 5.81. The molecule has 134 valence electrons. The van der Waals surface area contributed by atoms with Crippen LogP contribution >= 0.6 is 0 Å². The second kappa shape index (κ2) is 9.11. The minimum Gasteiger partial charge on any atom is -0.480 e. The lowest BCUT2D eigenvalue weighted by Gasteiger charge is -2.26. The molecule has 0 unspecified atom stereocenters. The molecule has 2 N–H and O–H groups in total.